The van der Waals surface area contributed by atoms with Crippen molar-refractivity contribution in [1.29, 1.82) is 0 Å². The number of benzene rings is 2. The molecule has 27 heavy (non-hydrogen) atoms. The van der Waals surface area contributed by atoms with E-state index in [4.69, 9.17) is 0 Å². The summed E-state index contributed by atoms with van der Waals surface area (Å²) in [5, 5.41) is 5.35. The van der Waals surface area contributed by atoms with Gasteiger partial charge in [0.1, 0.15) is 0 Å². The number of fused-ring (bicyclic) bond motifs is 1. The quantitative estimate of drug-likeness (QED) is 0.856. The Bertz CT molecular complexity index is 832. The molecule has 0 fully saturated rings. The smallest absolute Gasteiger partial charge is 0.348 e. The molecule has 0 aromatic heterocycles. The summed E-state index contributed by atoms with van der Waals surface area (Å²) in [6, 6.07) is 11.7. The van der Waals surface area contributed by atoms with Crippen molar-refractivity contribution in [2.24, 2.45) is 0 Å². The second kappa shape index (κ2) is 7.82. The number of nitrogens with one attached hydrogen (secondary N) is 2. The van der Waals surface area contributed by atoms with Crippen LogP contribution in [0.1, 0.15) is 45.9 Å². The van der Waals surface area contributed by atoms with Crippen molar-refractivity contribution in [3.05, 3.63) is 70.8 Å². The van der Waals surface area contributed by atoms with Crippen LogP contribution >= 0.6 is 0 Å². The van der Waals surface area contributed by atoms with Crippen LogP contribution in [0.3, 0.4) is 0 Å². The first-order valence-electron chi connectivity index (χ1n) is 8.67. The average Bonchev–Trinajstić information content (AvgIpc) is 2.66. The van der Waals surface area contributed by atoms with Gasteiger partial charge in [0.05, 0.1) is 18.2 Å². The van der Waals surface area contributed by atoms with E-state index < -0.39 is 17.6 Å². The van der Waals surface area contributed by atoms with Gasteiger partial charge in [0, 0.05) is 5.56 Å². The summed E-state index contributed by atoms with van der Waals surface area (Å²) in [6.07, 6.45) is -1.67. The van der Waals surface area contributed by atoms with Crippen LogP contribution in [0, 0.1) is 0 Å². The molecule has 2 aromatic carbocycles. The van der Waals surface area contributed by atoms with Crippen molar-refractivity contribution in [3.63, 3.8) is 0 Å². The number of alkyl halides is 3. The second-order valence-electron chi connectivity index (χ2n) is 6.47. The number of carbonyl (C=O) groups excluding carboxylic acids is 2. The fourth-order valence-electron chi connectivity index (χ4n) is 3.22. The van der Waals surface area contributed by atoms with E-state index in [2.05, 4.69) is 10.6 Å². The number of rotatable bonds is 4. The van der Waals surface area contributed by atoms with Crippen molar-refractivity contribution in [3.8, 4) is 0 Å². The Balaban J connectivity index is 1.54. The lowest BCUT2D eigenvalue weighted by Gasteiger charge is -2.26. The summed E-state index contributed by atoms with van der Waals surface area (Å²) in [5.74, 6) is -0.931. The van der Waals surface area contributed by atoms with Crippen molar-refractivity contribution >= 4 is 11.8 Å². The maximum absolute atomic E-state index is 12.5. The van der Waals surface area contributed by atoms with Crippen LogP contribution in [0.4, 0.5) is 13.2 Å². The van der Waals surface area contributed by atoms with Gasteiger partial charge in [0.25, 0.3) is 5.91 Å². The van der Waals surface area contributed by atoms with E-state index in [0.717, 1.165) is 49.1 Å². The van der Waals surface area contributed by atoms with Gasteiger partial charge in [-0.15, -0.1) is 0 Å². The molecule has 1 aliphatic carbocycles. The third-order valence-electron chi connectivity index (χ3n) is 4.59. The van der Waals surface area contributed by atoms with E-state index in [0.29, 0.717) is 0 Å². The number of hydrogen-bond donors (Lipinski definition) is 2. The van der Waals surface area contributed by atoms with E-state index in [1.807, 2.05) is 24.3 Å². The molecule has 3 rings (SSSR count). The summed E-state index contributed by atoms with van der Waals surface area (Å²) in [6.45, 7) is -0.238. The molecule has 0 saturated carbocycles. The minimum absolute atomic E-state index is 0.0683. The number of carbonyl (C=O) groups is 2. The molecule has 2 amide bonds. The van der Waals surface area contributed by atoms with Crippen LogP contribution < -0.4 is 10.6 Å². The summed E-state index contributed by atoms with van der Waals surface area (Å²) in [4.78, 5) is 24.2. The standard InChI is InChI=1S/C20H19F3N2O2/c21-20(22,23)15-10-8-14(9-11-15)19(27)24-12-18(26)25-17-7-3-5-13-4-1-2-6-16(13)17/h1-2,4,6,8-11,17H,3,5,7,12H2,(H,24,27)(H,25,26). The van der Waals surface area contributed by atoms with Crippen LogP contribution in [-0.2, 0) is 17.4 Å². The fraction of sp³-hybridized carbons (Fsp3) is 0.300. The van der Waals surface area contributed by atoms with Gasteiger partial charge >= 0.3 is 6.18 Å². The molecule has 0 heterocycles. The first-order chi connectivity index (χ1) is 12.8. The normalized spacial score (nSPS) is 16.3. The molecule has 0 aliphatic heterocycles. The predicted octanol–water partition coefficient (Wildman–Crippen LogP) is 3.63. The highest BCUT2D eigenvalue weighted by Gasteiger charge is 2.30. The zero-order chi connectivity index (χ0) is 19.4. The van der Waals surface area contributed by atoms with Gasteiger partial charge in [-0.25, -0.2) is 0 Å². The molecular weight excluding hydrogens is 357 g/mol. The molecule has 4 nitrogen and oxygen atoms in total. The molecule has 7 heteroatoms. The molecule has 0 bridgehead atoms. The zero-order valence-electron chi connectivity index (χ0n) is 14.5. The van der Waals surface area contributed by atoms with Crippen LogP contribution in [0.25, 0.3) is 0 Å². The maximum Gasteiger partial charge on any atom is 0.416 e. The second-order valence-corrected chi connectivity index (χ2v) is 6.47. The number of halogens is 3. The first-order valence-corrected chi connectivity index (χ1v) is 8.67. The van der Waals surface area contributed by atoms with Gasteiger partial charge in [-0.05, 0) is 54.7 Å². The number of hydrogen-bond acceptors (Lipinski definition) is 2. The monoisotopic (exact) mass is 376 g/mol. The SMILES string of the molecule is O=C(CNC(=O)c1ccc(C(F)(F)F)cc1)NC1CCCc2ccccc21. The van der Waals surface area contributed by atoms with Crippen LogP contribution in [0.2, 0.25) is 0 Å². The van der Waals surface area contributed by atoms with E-state index in [-0.39, 0.29) is 24.1 Å². The maximum atomic E-state index is 12.5. The fourth-order valence-corrected chi connectivity index (χ4v) is 3.22. The lowest BCUT2D eigenvalue weighted by atomic mass is 9.88. The minimum atomic E-state index is -4.45. The summed E-state index contributed by atoms with van der Waals surface area (Å²) in [5.41, 5.74) is 1.54. The Labute approximate surface area is 154 Å². The van der Waals surface area contributed by atoms with Crippen LogP contribution in [-0.4, -0.2) is 18.4 Å². The lowest BCUT2D eigenvalue weighted by molar-refractivity contribution is -0.137. The summed E-state index contributed by atoms with van der Waals surface area (Å²) >= 11 is 0. The van der Waals surface area contributed by atoms with E-state index in [1.54, 1.807) is 0 Å². The molecular formula is C20H19F3N2O2. The molecule has 1 aliphatic rings. The summed E-state index contributed by atoms with van der Waals surface area (Å²) in [7, 11) is 0. The Morgan fingerprint density at radius 1 is 1.04 bits per heavy atom. The molecule has 0 radical (unpaired) electrons. The third kappa shape index (κ3) is 4.67. The van der Waals surface area contributed by atoms with Gasteiger partial charge in [-0.2, -0.15) is 13.2 Å². The predicted molar refractivity (Wildman–Crippen MR) is 94.0 cm³/mol. The zero-order valence-corrected chi connectivity index (χ0v) is 14.5. The highest BCUT2D eigenvalue weighted by Crippen LogP contribution is 2.30. The molecule has 142 valence electrons. The molecule has 1 atom stereocenters. The van der Waals surface area contributed by atoms with Gasteiger partial charge in [0.15, 0.2) is 0 Å². The molecule has 1 unspecified atom stereocenters. The summed E-state index contributed by atoms with van der Waals surface area (Å²) < 4.78 is 37.6. The van der Waals surface area contributed by atoms with E-state index >= 15 is 0 Å². The van der Waals surface area contributed by atoms with Gasteiger partial charge in [-0.3, -0.25) is 9.59 Å². The number of amides is 2. The van der Waals surface area contributed by atoms with Crippen LogP contribution in [0.5, 0.6) is 0 Å². The third-order valence-corrected chi connectivity index (χ3v) is 4.59. The highest BCUT2D eigenvalue weighted by atomic mass is 19.4. The Hall–Kier alpha value is -2.83. The Kier molecular flexibility index (Phi) is 5.48. The van der Waals surface area contributed by atoms with Gasteiger partial charge in [0.2, 0.25) is 5.91 Å². The molecule has 0 saturated heterocycles. The average molecular weight is 376 g/mol. The van der Waals surface area contributed by atoms with Crippen molar-refractivity contribution < 1.29 is 22.8 Å². The van der Waals surface area contributed by atoms with Crippen molar-refractivity contribution in [1.82, 2.24) is 10.6 Å². The van der Waals surface area contributed by atoms with Gasteiger partial charge < -0.3 is 10.6 Å². The molecule has 2 N–H and O–H groups in total. The minimum Gasteiger partial charge on any atom is -0.348 e. The number of aryl methyl sites for hydroxylation is 1. The van der Waals surface area contributed by atoms with E-state index in [9.17, 15) is 22.8 Å². The Morgan fingerprint density at radius 2 is 1.74 bits per heavy atom. The topological polar surface area (TPSA) is 58.2 Å². The largest absolute Gasteiger partial charge is 0.416 e. The molecule has 0 spiro atoms. The van der Waals surface area contributed by atoms with Gasteiger partial charge in [-0.1, -0.05) is 24.3 Å². The van der Waals surface area contributed by atoms with Crippen molar-refractivity contribution in [2.45, 2.75) is 31.5 Å². The van der Waals surface area contributed by atoms with Crippen molar-refractivity contribution in [2.75, 3.05) is 6.54 Å². The highest BCUT2D eigenvalue weighted by molar-refractivity contribution is 5.96. The lowest BCUT2D eigenvalue weighted by Crippen LogP contribution is -2.39. The van der Waals surface area contributed by atoms with E-state index in [1.165, 1.54) is 5.56 Å². The first kappa shape index (κ1) is 18.9. The van der Waals surface area contributed by atoms with Crippen LogP contribution in [0.15, 0.2) is 48.5 Å². The molecule has 2 aromatic rings. The Morgan fingerprint density at radius 3 is 2.44 bits per heavy atom.